The van der Waals surface area contributed by atoms with E-state index in [1.165, 1.54) is 24.9 Å². The second-order valence-corrected chi connectivity index (χ2v) is 3.34. The van der Waals surface area contributed by atoms with Crippen LogP contribution < -0.4 is 5.32 Å². The number of β-lactam (4-membered cyclic amide) rings is 1. The Kier molecular flexibility index (Phi) is 3.16. The van der Waals surface area contributed by atoms with Crippen molar-refractivity contribution in [1.82, 2.24) is 5.32 Å². The molecule has 0 saturated carbocycles. The van der Waals surface area contributed by atoms with Crippen molar-refractivity contribution >= 4 is 23.6 Å². The molecule has 1 amide bonds. The monoisotopic (exact) mass is 187 g/mol. The number of ether oxygens (including phenoxy) is 1. The van der Waals surface area contributed by atoms with Gasteiger partial charge in [-0.2, -0.15) is 0 Å². The van der Waals surface area contributed by atoms with E-state index in [0.717, 1.165) is 0 Å². The normalized spacial score (nSPS) is 21.8. The first kappa shape index (κ1) is 9.12. The zero-order valence-electron chi connectivity index (χ0n) is 6.57. The molecule has 1 aliphatic heterocycles. The van der Waals surface area contributed by atoms with Gasteiger partial charge in [-0.25, -0.2) is 4.79 Å². The number of thioether (sulfide) groups is 1. The molecule has 0 aromatic carbocycles. The molecule has 1 heterocycles. The van der Waals surface area contributed by atoms with Crippen LogP contribution in [-0.4, -0.2) is 24.4 Å². The van der Waals surface area contributed by atoms with E-state index >= 15 is 0 Å². The minimum absolute atomic E-state index is 0.0546. The fraction of sp³-hybridized carbons (Fsp3) is 0.429. The molecule has 0 aromatic rings. The molecule has 1 aliphatic rings. The molecule has 1 atom stereocenters. The Morgan fingerprint density at radius 2 is 2.50 bits per heavy atom. The highest BCUT2D eigenvalue weighted by Crippen LogP contribution is 2.19. The number of carbonyl (C=O) groups excluding carboxylic acids is 2. The van der Waals surface area contributed by atoms with Gasteiger partial charge in [0.25, 0.3) is 0 Å². The highest BCUT2D eigenvalue weighted by Gasteiger charge is 2.24. The van der Waals surface area contributed by atoms with Crippen LogP contribution in [-0.2, 0) is 14.3 Å². The fourth-order valence-electron chi connectivity index (χ4n) is 0.667. The number of hydrogen-bond acceptors (Lipinski definition) is 4. The molecule has 0 bridgehead atoms. The van der Waals surface area contributed by atoms with Crippen LogP contribution in [0.15, 0.2) is 11.5 Å². The standard InChI is InChI=1S/C7H9NO3S/c1-11-7(10)2-3-12-6-4-5(9)8-6/h2-3,6H,4H2,1H3,(H,8,9)/t6-/m1/s1. The summed E-state index contributed by atoms with van der Waals surface area (Å²) < 4.78 is 4.38. The molecule has 1 rings (SSSR count). The summed E-state index contributed by atoms with van der Waals surface area (Å²) in [5, 5.41) is 4.40. The minimum Gasteiger partial charge on any atom is -0.466 e. The highest BCUT2D eigenvalue weighted by atomic mass is 32.2. The van der Waals surface area contributed by atoms with Crippen LogP contribution in [0.1, 0.15) is 6.42 Å². The Hall–Kier alpha value is -0.970. The Morgan fingerprint density at radius 3 is 3.00 bits per heavy atom. The number of carbonyl (C=O) groups is 2. The number of amides is 1. The molecule has 1 saturated heterocycles. The van der Waals surface area contributed by atoms with Crippen molar-refractivity contribution in [3.63, 3.8) is 0 Å². The molecule has 4 nitrogen and oxygen atoms in total. The highest BCUT2D eigenvalue weighted by molar-refractivity contribution is 8.02. The maximum atomic E-state index is 10.6. The summed E-state index contributed by atoms with van der Waals surface area (Å²) in [6.45, 7) is 0. The van der Waals surface area contributed by atoms with Crippen LogP contribution in [0.5, 0.6) is 0 Å². The number of methoxy groups -OCH3 is 1. The average molecular weight is 187 g/mol. The van der Waals surface area contributed by atoms with Gasteiger partial charge in [0.15, 0.2) is 0 Å². The summed E-state index contributed by atoms with van der Waals surface area (Å²) in [5.74, 6) is -0.327. The van der Waals surface area contributed by atoms with Crippen molar-refractivity contribution < 1.29 is 14.3 Å². The lowest BCUT2D eigenvalue weighted by Gasteiger charge is -2.24. The summed E-state index contributed by atoms with van der Waals surface area (Å²) in [6.07, 6.45) is 1.85. The molecular weight excluding hydrogens is 178 g/mol. The third-order valence-corrected chi connectivity index (χ3v) is 2.25. The third-order valence-electron chi connectivity index (χ3n) is 1.34. The summed E-state index contributed by atoms with van der Waals surface area (Å²) >= 11 is 1.40. The van der Waals surface area contributed by atoms with E-state index < -0.39 is 0 Å². The second kappa shape index (κ2) is 4.15. The van der Waals surface area contributed by atoms with E-state index in [1.54, 1.807) is 5.41 Å². The molecular formula is C7H9NO3S. The van der Waals surface area contributed by atoms with Gasteiger partial charge >= 0.3 is 5.97 Å². The lowest BCUT2D eigenvalue weighted by atomic mass is 10.3. The van der Waals surface area contributed by atoms with Crippen molar-refractivity contribution in [3.8, 4) is 0 Å². The van der Waals surface area contributed by atoms with Crippen molar-refractivity contribution in [2.24, 2.45) is 0 Å². The van der Waals surface area contributed by atoms with Crippen LogP contribution >= 0.6 is 11.8 Å². The van der Waals surface area contributed by atoms with E-state index in [4.69, 9.17) is 0 Å². The largest absolute Gasteiger partial charge is 0.466 e. The summed E-state index contributed by atoms with van der Waals surface area (Å²) in [6, 6.07) is 0. The topological polar surface area (TPSA) is 55.4 Å². The van der Waals surface area contributed by atoms with Gasteiger partial charge in [-0.15, -0.1) is 11.8 Å². The molecule has 5 heteroatoms. The zero-order valence-corrected chi connectivity index (χ0v) is 7.39. The zero-order chi connectivity index (χ0) is 8.97. The van der Waals surface area contributed by atoms with Gasteiger partial charge < -0.3 is 10.1 Å². The molecule has 0 radical (unpaired) electrons. The van der Waals surface area contributed by atoms with Gasteiger partial charge in [-0.1, -0.05) is 0 Å². The van der Waals surface area contributed by atoms with Crippen LogP contribution in [0, 0.1) is 0 Å². The van der Waals surface area contributed by atoms with E-state index in [0.29, 0.717) is 6.42 Å². The smallest absolute Gasteiger partial charge is 0.330 e. The molecule has 0 aromatic heterocycles. The molecule has 66 valence electrons. The predicted octanol–water partition coefficient (Wildman–Crippen LogP) is 0.252. The Morgan fingerprint density at radius 1 is 1.83 bits per heavy atom. The van der Waals surface area contributed by atoms with Gasteiger partial charge in [0, 0.05) is 6.08 Å². The van der Waals surface area contributed by atoms with E-state index in [9.17, 15) is 9.59 Å². The fourth-order valence-corrected chi connectivity index (χ4v) is 1.49. The van der Waals surface area contributed by atoms with Gasteiger partial charge in [-0.05, 0) is 5.41 Å². The number of rotatable bonds is 3. The first-order valence-electron chi connectivity index (χ1n) is 3.41. The van der Waals surface area contributed by atoms with Crippen LogP contribution in [0.2, 0.25) is 0 Å². The predicted molar refractivity (Wildman–Crippen MR) is 45.3 cm³/mol. The maximum Gasteiger partial charge on any atom is 0.330 e. The van der Waals surface area contributed by atoms with Crippen molar-refractivity contribution in [3.05, 3.63) is 11.5 Å². The molecule has 0 aliphatic carbocycles. The molecule has 0 spiro atoms. The molecule has 12 heavy (non-hydrogen) atoms. The summed E-state index contributed by atoms with van der Waals surface area (Å²) in [4.78, 5) is 21.0. The average Bonchev–Trinajstić information content (AvgIpc) is 2.01. The maximum absolute atomic E-state index is 10.6. The van der Waals surface area contributed by atoms with E-state index in [-0.39, 0.29) is 17.3 Å². The third kappa shape index (κ3) is 2.58. The summed E-state index contributed by atoms with van der Waals surface area (Å²) in [7, 11) is 1.32. The van der Waals surface area contributed by atoms with Gasteiger partial charge in [0.2, 0.25) is 5.91 Å². The lowest BCUT2D eigenvalue weighted by Crippen LogP contribution is -2.45. The Labute approximate surface area is 74.3 Å². The van der Waals surface area contributed by atoms with Crippen molar-refractivity contribution in [2.45, 2.75) is 11.8 Å². The number of hydrogen-bond donors (Lipinski definition) is 1. The molecule has 1 fully saturated rings. The van der Waals surface area contributed by atoms with Gasteiger partial charge in [0.1, 0.15) is 0 Å². The van der Waals surface area contributed by atoms with Gasteiger partial charge in [0.05, 0.1) is 18.9 Å². The quantitative estimate of drug-likeness (QED) is 0.391. The Bertz CT molecular complexity index is 219. The Balaban J connectivity index is 2.13. The second-order valence-electron chi connectivity index (χ2n) is 2.22. The van der Waals surface area contributed by atoms with Gasteiger partial charge in [-0.3, -0.25) is 4.79 Å². The van der Waals surface area contributed by atoms with E-state index in [1.807, 2.05) is 0 Å². The molecule has 1 N–H and O–H groups in total. The van der Waals surface area contributed by atoms with Crippen molar-refractivity contribution in [2.75, 3.05) is 7.11 Å². The molecule has 0 unspecified atom stereocenters. The van der Waals surface area contributed by atoms with Crippen LogP contribution in [0.25, 0.3) is 0 Å². The SMILES string of the molecule is COC(=O)C=CS[C@@H]1CC(=O)N1. The number of esters is 1. The van der Waals surface area contributed by atoms with E-state index in [2.05, 4.69) is 10.1 Å². The van der Waals surface area contributed by atoms with Crippen LogP contribution in [0.3, 0.4) is 0 Å². The van der Waals surface area contributed by atoms with Crippen LogP contribution in [0.4, 0.5) is 0 Å². The lowest BCUT2D eigenvalue weighted by molar-refractivity contribution is -0.134. The minimum atomic E-state index is -0.381. The number of nitrogens with one attached hydrogen (secondary N) is 1. The first-order chi connectivity index (χ1) is 5.72. The summed E-state index contributed by atoms with van der Waals surface area (Å²) in [5.41, 5.74) is 0. The van der Waals surface area contributed by atoms with Crippen molar-refractivity contribution in [1.29, 1.82) is 0 Å². The first-order valence-corrected chi connectivity index (χ1v) is 4.36.